The number of likely N-dealkylation sites (N-methyl/N-ethyl adjacent to an activating group) is 1. The number of nitrogens with zero attached hydrogens (tertiary/aromatic N) is 1. The highest BCUT2D eigenvalue weighted by Gasteiger charge is 2.09. The molecule has 0 aliphatic heterocycles. The van der Waals surface area contributed by atoms with Gasteiger partial charge in [-0.25, -0.2) is 0 Å². The Kier molecular flexibility index (Phi) is 5.08. The Morgan fingerprint density at radius 1 is 1.40 bits per heavy atom. The highest BCUT2D eigenvalue weighted by atomic mass is 15.1. The van der Waals surface area contributed by atoms with Crippen molar-refractivity contribution in [1.29, 1.82) is 0 Å². The summed E-state index contributed by atoms with van der Waals surface area (Å²) < 4.78 is 0. The molecule has 0 aliphatic carbocycles. The molecule has 2 nitrogen and oxygen atoms in total. The first-order chi connectivity index (χ1) is 7.27. The molecule has 0 spiro atoms. The van der Waals surface area contributed by atoms with Crippen LogP contribution in [0.4, 0.5) is 0 Å². The van der Waals surface area contributed by atoms with Gasteiger partial charge >= 0.3 is 0 Å². The fraction of sp³-hybridized carbons (Fsp3) is 0.385. The Bertz CT molecular complexity index is 282. The van der Waals surface area contributed by atoms with E-state index in [0.717, 1.165) is 19.6 Å². The highest BCUT2D eigenvalue weighted by Crippen LogP contribution is 2.10. The molecule has 0 saturated carbocycles. The van der Waals surface area contributed by atoms with Crippen LogP contribution in [0.15, 0.2) is 43.0 Å². The second-order valence-corrected chi connectivity index (χ2v) is 3.66. The Morgan fingerprint density at radius 3 is 2.60 bits per heavy atom. The zero-order valence-corrected chi connectivity index (χ0v) is 9.39. The van der Waals surface area contributed by atoms with E-state index in [1.807, 2.05) is 24.3 Å². The van der Waals surface area contributed by atoms with E-state index in [2.05, 4.69) is 30.5 Å². The van der Waals surface area contributed by atoms with Crippen molar-refractivity contribution in [2.75, 3.05) is 19.6 Å². The van der Waals surface area contributed by atoms with Crippen LogP contribution in [0.1, 0.15) is 18.5 Å². The van der Waals surface area contributed by atoms with Gasteiger partial charge in [-0.3, -0.25) is 4.90 Å². The van der Waals surface area contributed by atoms with Crippen LogP contribution in [0.5, 0.6) is 0 Å². The number of rotatable bonds is 6. The summed E-state index contributed by atoms with van der Waals surface area (Å²) >= 11 is 0. The first-order valence-corrected chi connectivity index (χ1v) is 5.41. The quantitative estimate of drug-likeness (QED) is 0.720. The van der Waals surface area contributed by atoms with Gasteiger partial charge in [0.25, 0.3) is 0 Å². The van der Waals surface area contributed by atoms with Crippen molar-refractivity contribution < 1.29 is 0 Å². The van der Waals surface area contributed by atoms with E-state index >= 15 is 0 Å². The summed E-state index contributed by atoms with van der Waals surface area (Å²) in [6.45, 7) is 8.67. The first-order valence-electron chi connectivity index (χ1n) is 5.41. The minimum atomic E-state index is 0.0890. The van der Waals surface area contributed by atoms with Crippen LogP contribution >= 0.6 is 0 Å². The zero-order valence-electron chi connectivity index (χ0n) is 9.39. The molecule has 1 aromatic carbocycles. The lowest BCUT2D eigenvalue weighted by molar-refractivity contribution is 0.298. The third-order valence-electron chi connectivity index (χ3n) is 2.52. The lowest BCUT2D eigenvalue weighted by atomic mass is 10.1. The standard InChI is InChI=1S/C13H20N2/c1-3-10-15(4-2)11-13(14)12-8-6-5-7-9-12/h3,5-9,13H,1,4,10-11,14H2,2H3. The molecule has 0 bridgehead atoms. The summed E-state index contributed by atoms with van der Waals surface area (Å²) in [5, 5.41) is 0. The molecule has 0 radical (unpaired) electrons. The van der Waals surface area contributed by atoms with Gasteiger partial charge in [-0.1, -0.05) is 43.3 Å². The van der Waals surface area contributed by atoms with Gasteiger partial charge < -0.3 is 5.73 Å². The van der Waals surface area contributed by atoms with E-state index in [-0.39, 0.29) is 6.04 Å². The maximum Gasteiger partial charge on any atom is 0.0424 e. The molecule has 1 aromatic rings. The molecule has 0 aromatic heterocycles. The lowest BCUT2D eigenvalue weighted by Gasteiger charge is -2.22. The maximum absolute atomic E-state index is 6.13. The minimum Gasteiger partial charge on any atom is -0.323 e. The molecule has 0 aliphatic rings. The molecule has 2 N–H and O–H groups in total. The van der Waals surface area contributed by atoms with E-state index in [9.17, 15) is 0 Å². The summed E-state index contributed by atoms with van der Waals surface area (Å²) in [6, 6.07) is 10.3. The Hall–Kier alpha value is -1.12. The summed E-state index contributed by atoms with van der Waals surface area (Å²) in [5.74, 6) is 0. The lowest BCUT2D eigenvalue weighted by Crippen LogP contribution is -2.32. The molecule has 15 heavy (non-hydrogen) atoms. The van der Waals surface area contributed by atoms with Crippen molar-refractivity contribution in [1.82, 2.24) is 4.90 Å². The van der Waals surface area contributed by atoms with Crippen molar-refractivity contribution in [3.8, 4) is 0 Å². The molecule has 1 rings (SSSR count). The summed E-state index contributed by atoms with van der Waals surface area (Å²) in [5.41, 5.74) is 7.32. The Morgan fingerprint density at radius 2 is 2.07 bits per heavy atom. The van der Waals surface area contributed by atoms with Crippen LogP contribution in [-0.4, -0.2) is 24.5 Å². The zero-order chi connectivity index (χ0) is 11.1. The molecule has 0 fully saturated rings. The van der Waals surface area contributed by atoms with Gasteiger partial charge in [-0.2, -0.15) is 0 Å². The van der Waals surface area contributed by atoms with E-state index in [0.29, 0.717) is 0 Å². The molecule has 0 heterocycles. The number of hydrogen-bond acceptors (Lipinski definition) is 2. The van der Waals surface area contributed by atoms with Crippen LogP contribution < -0.4 is 5.73 Å². The molecular weight excluding hydrogens is 184 g/mol. The SMILES string of the molecule is C=CCN(CC)CC(N)c1ccccc1. The second-order valence-electron chi connectivity index (χ2n) is 3.66. The molecule has 1 atom stereocenters. The van der Waals surface area contributed by atoms with Gasteiger partial charge in [-0.05, 0) is 12.1 Å². The van der Waals surface area contributed by atoms with E-state index in [1.54, 1.807) is 0 Å². The van der Waals surface area contributed by atoms with Crippen molar-refractivity contribution in [3.63, 3.8) is 0 Å². The predicted octanol–water partition coefficient (Wildman–Crippen LogP) is 2.19. The van der Waals surface area contributed by atoms with Gasteiger partial charge in [0.1, 0.15) is 0 Å². The molecule has 82 valence electrons. The summed E-state index contributed by atoms with van der Waals surface area (Å²) in [6.07, 6.45) is 1.92. The van der Waals surface area contributed by atoms with Gasteiger partial charge in [0.2, 0.25) is 0 Å². The van der Waals surface area contributed by atoms with Crippen molar-refractivity contribution in [3.05, 3.63) is 48.6 Å². The summed E-state index contributed by atoms with van der Waals surface area (Å²) in [7, 11) is 0. The van der Waals surface area contributed by atoms with Crippen LogP contribution in [0.3, 0.4) is 0 Å². The van der Waals surface area contributed by atoms with Gasteiger partial charge in [0.05, 0.1) is 0 Å². The monoisotopic (exact) mass is 204 g/mol. The summed E-state index contributed by atoms with van der Waals surface area (Å²) in [4.78, 5) is 2.28. The second kappa shape index (κ2) is 6.38. The van der Waals surface area contributed by atoms with Gasteiger partial charge in [0, 0.05) is 19.1 Å². The molecule has 2 heteroatoms. The third kappa shape index (κ3) is 3.86. The van der Waals surface area contributed by atoms with Gasteiger partial charge in [-0.15, -0.1) is 6.58 Å². The fourth-order valence-electron chi connectivity index (χ4n) is 1.60. The predicted molar refractivity (Wildman–Crippen MR) is 65.7 cm³/mol. The Labute approximate surface area is 92.4 Å². The van der Waals surface area contributed by atoms with Crippen LogP contribution in [0.25, 0.3) is 0 Å². The highest BCUT2D eigenvalue weighted by molar-refractivity contribution is 5.18. The van der Waals surface area contributed by atoms with Crippen molar-refractivity contribution in [2.24, 2.45) is 5.73 Å². The fourth-order valence-corrected chi connectivity index (χ4v) is 1.60. The average molecular weight is 204 g/mol. The van der Waals surface area contributed by atoms with Crippen molar-refractivity contribution >= 4 is 0 Å². The largest absolute Gasteiger partial charge is 0.323 e. The topological polar surface area (TPSA) is 29.3 Å². The smallest absolute Gasteiger partial charge is 0.0424 e. The van der Waals surface area contributed by atoms with Crippen molar-refractivity contribution in [2.45, 2.75) is 13.0 Å². The van der Waals surface area contributed by atoms with E-state index in [4.69, 9.17) is 5.73 Å². The Balaban J connectivity index is 2.54. The molecule has 0 saturated heterocycles. The van der Waals surface area contributed by atoms with Gasteiger partial charge in [0.15, 0.2) is 0 Å². The average Bonchev–Trinajstić information content (AvgIpc) is 2.29. The minimum absolute atomic E-state index is 0.0890. The number of benzene rings is 1. The third-order valence-corrected chi connectivity index (χ3v) is 2.52. The molecular formula is C13H20N2. The number of hydrogen-bond donors (Lipinski definition) is 1. The first kappa shape index (κ1) is 12.0. The molecule has 1 unspecified atom stereocenters. The number of nitrogens with two attached hydrogens (primary N) is 1. The maximum atomic E-state index is 6.13. The van der Waals surface area contributed by atoms with E-state index in [1.165, 1.54) is 5.56 Å². The van der Waals surface area contributed by atoms with Crippen LogP contribution in [0.2, 0.25) is 0 Å². The van der Waals surface area contributed by atoms with E-state index < -0.39 is 0 Å². The normalized spacial score (nSPS) is 12.7. The molecule has 0 amide bonds. The van der Waals surface area contributed by atoms with Crippen LogP contribution in [0, 0.1) is 0 Å². The van der Waals surface area contributed by atoms with Crippen LogP contribution in [-0.2, 0) is 0 Å².